The van der Waals surface area contributed by atoms with E-state index < -0.39 is 11.7 Å². The van der Waals surface area contributed by atoms with Crippen LogP contribution < -0.4 is 10.6 Å². The van der Waals surface area contributed by atoms with Crippen molar-refractivity contribution in [2.45, 2.75) is 25.4 Å². The molecule has 22 heavy (non-hydrogen) atoms. The van der Waals surface area contributed by atoms with Crippen LogP contribution in [-0.2, 0) is 11.0 Å². The highest BCUT2D eigenvalue weighted by molar-refractivity contribution is 5.79. The van der Waals surface area contributed by atoms with Crippen LogP contribution in [0.4, 0.5) is 19.0 Å². The Kier molecular flexibility index (Phi) is 5.41. The predicted octanol–water partition coefficient (Wildman–Crippen LogP) is 2.98. The first-order valence-electron chi connectivity index (χ1n) is 7.16. The first-order valence-corrected chi connectivity index (χ1v) is 7.16. The van der Waals surface area contributed by atoms with Gasteiger partial charge in [-0.1, -0.05) is 12.2 Å². The zero-order chi connectivity index (χ0) is 16.0. The number of carbonyl (C=O) groups is 1. The topological polar surface area (TPSA) is 54.0 Å². The van der Waals surface area contributed by atoms with Crippen molar-refractivity contribution in [2.75, 3.05) is 18.4 Å². The third kappa shape index (κ3) is 4.75. The number of aromatic nitrogens is 1. The predicted molar refractivity (Wildman–Crippen MR) is 77.2 cm³/mol. The van der Waals surface area contributed by atoms with Crippen LogP contribution in [0.25, 0.3) is 0 Å². The van der Waals surface area contributed by atoms with Crippen molar-refractivity contribution < 1.29 is 18.0 Å². The molecule has 1 atom stereocenters. The number of pyridine rings is 1. The molecule has 2 N–H and O–H groups in total. The highest BCUT2D eigenvalue weighted by Crippen LogP contribution is 2.28. The Morgan fingerprint density at radius 2 is 2.09 bits per heavy atom. The van der Waals surface area contributed by atoms with Gasteiger partial charge in [0.15, 0.2) is 0 Å². The van der Waals surface area contributed by atoms with Gasteiger partial charge in [-0.15, -0.1) is 0 Å². The van der Waals surface area contributed by atoms with E-state index in [1.165, 1.54) is 6.07 Å². The Labute approximate surface area is 126 Å². The summed E-state index contributed by atoms with van der Waals surface area (Å²) in [6.07, 6.45) is 3.03. The molecule has 0 aliphatic heterocycles. The van der Waals surface area contributed by atoms with Crippen molar-refractivity contribution in [1.29, 1.82) is 0 Å². The molecule has 7 heteroatoms. The molecule has 1 aliphatic carbocycles. The van der Waals surface area contributed by atoms with Crippen molar-refractivity contribution in [2.24, 2.45) is 5.92 Å². The molecule has 1 aromatic rings. The molecule has 0 fully saturated rings. The molecule has 0 spiro atoms. The summed E-state index contributed by atoms with van der Waals surface area (Å²) in [7, 11) is 0. The van der Waals surface area contributed by atoms with Crippen molar-refractivity contribution >= 4 is 11.7 Å². The summed E-state index contributed by atoms with van der Waals surface area (Å²) >= 11 is 0. The second-order valence-corrected chi connectivity index (χ2v) is 5.13. The minimum Gasteiger partial charge on any atom is -0.368 e. The van der Waals surface area contributed by atoms with E-state index in [2.05, 4.69) is 21.7 Å². The summed E-state index contributed by atoms with van der Waals surface area (Å²) in [5.74, 6) is 0.392. The quantitative estimate of drug-likeness (QED) is 0.649. The van der Waals surface area contributed by atoms with Gasteiger partial charge in [0.2, 0.25) is 5.91 Å². The van der Waals surface area contributed by atoms with Gasteiger partial charge in [-0.05, 0) is 31.4 Å². The fourth-order valence-electron chi connectivity index (χ4n) is 2.22. The number of alkyl halides is 3. The summed E-state index contributed by atoms with van der Waals surface area (Å²) in [5, 5.41) is 5.69. The SMILES string of the molecule is O=C(NCCNc1ccc(C(F)(F)F)cn1)[C@H]1CC=CCC1. The fraction of sp³-hybridized carbons (Fsp3) is 0.467. The van der Waals surface area contributed by atoms with Gasteiger partial charge in [0.1, 0.15) is 5.82 Å². The van der Waals surface area contributed by atoms with Gasteiger partial charge in [-0.25, -0.2) is 4.98 Å². The van der Waals surface area contributed by atoms with Crippen molar-refractivity contribution in [1.82, 2.24) is 10.3 Å². The number of nitrogens with zero attached hydrogens (tertiary/aromatic N) is 1. The molecule has 0 aromatic carbocycles. The molecule has 0 radical (unpaired) electrons. The molecule has 1 amide bonds. The summed E-state index contributed by atoms with van der Waals surface area (Å²) in [5.41, 5.74) is -0.781. The Hall–Kier alpha value is -2.05. The monoisotopic (exact) mass is 313 g/mol. The van der Waals surface area contributed by atoms with Gasteiger partial charge in [-0.2, -0.15) is 13.2 Å². The number of amides is 1. The van der Waals surface area contributed by atoms with Crippen LogP contribution in [0.1, 0.15) is 24.8 Å². The molecule has 2 rings (SSSR count). The molecule has 1 aliphatic rings. The van der Waals surface area contributed by atoms with Gasteiger partial charge in [0, 0.05) is 25.2 Å². The van der Waals surface area contributed by atoms with E-state index in [0.717, 1.165) is 31.5 Å². The maximum Gasteiger partial charge on any atom is 0.417 e. The third-order valence-electron chi connectivity index (χ3n) is 3.46. The van der Waals surface area contributed by atoms with E-state index >= 15 is 0 Å². The van der Waals surface area contributed by atoms with Crippen LogP contribution in [0.5, 0.6) is 0 Å². The van der Waals surface area contributed by atoms with Gasteiger partial charge < -0.3 is 10.6 Å². The van der Waals surface area contributed by atoms with Crippen molar-refractivity contribution in [3.05, 3.63) is 36.0 Å². The number of rotatable bonds is 5. The van der Waals surface area contributed by atoms with Crippen LogP contribution in [0.15, 0.2) is 30.5 Å². The summed E-state index contributed by atoms with van der Waals surface area (Å²) in [6, 6.07) is 2.25. The lowest BCUT2D eigenvalue weighted by Gasteiger charge is -2.17. The van der Waals surface area contributed by atoms with E-state index in [4.69, 9.17) is 0 Å². The van der Waals surface area contributed by atoms with Crippen LogP contribution in [0, 0.1) is 5.92 Å². The number of halogens is 3. The van der Waals surface area contributed by atoms with Crippen LogP contribution >= 0.6 is 0 Å². The average molecular weight is 313 g/mol. The molecule has 0 unspecified atom stereocenters. The highest BCUT2D eigenvalue weighted by atomic mass is 19.4. The second kappa shape index (κ2) is 7.29. The maximum absolute atomic E-state index is 12.4. The minimum atomic E-state index is -4.38. The number of anilines is 1. The van der Waals surface area contributed by atoms with Crippen LogP contribution in [0.2, 0.25) is 0 Å². The largest absolute Gasteiger partial charge is 0.417 e. The maximum atomic E-state index is 12.4. The number of nitrogens with one attached hydrogen (secondary N) is 2. The normalized spacial score (nSPS) is 18.0. The Bertz CT molecular complexity index is 526. The molecule has 0 bridgehead atoms. The number of allylic oxidation sites excluding steroid dienone is 2. The first kappa shape index (κ1) is 16.3. The molecule has 1 aromatic heterocycles. The number of hydrogen-bond acceptors (Lipinski definition) is 3. The minimum absolute atomic E-state index is 0.0199. The third-order valence-corrected chi connectivity index (χ3v) is 3.46. The van der Waals surface area contributed by atoms with Crippen molar-refractivity contribution in [3.63, 3.8) is 0 Å². The average Bonchev–Trinajstić information content (AvgIpc) is 2.52. The lowest BCUT2D eigenvalue weighted by Crippen LogP contribution is -2.34. The number of hydrogen-bond donors (Lipinski definition) is 2. The molecule has 0 saturated carbocycles. The molecule has 0 saturated heterocycles. The van der Waals surface area contributed by atoms with Crippen LogP contribution in [-0.4, -0.2) is 24.0 Å². The Morgan fingerprint density at radius 1 is 1.27 bits per heavy atom. The molecule has 4 nitrogen and oxygen atoms in total. The zero-order valence-corrected chi connectivity index (χ0v) is 12.0. The van der Waals surface area contributed by atoms with Gasteiger partial charge >= 0.3 is 6.18 Å². The van der Waals surface area contributed by atoms with Gasteiger partial charge in [-0.3, -0.25) is 4.79 Å². The Morgan fingerprint density at radius 3 is 2.68 bits per heavy atom. The first-order chi connectivity index (χ1) is 10.5. The lowest BCUT2D eigenvalue weighted by atomic mass is 9.94. The van der Waals surface area contributed by atoms with Gasteiger partial charge in [0.25, 0.3) is 0 Å². The lowest BCUT2D eigenvalue weighted by molar-refractivity contribution is -0.137. The molecule has 1 heterocycles. The summed E-state index contributed by atoms with van der Waals surface area (Å²) in [6.45, 7) is 0.814. The van der Waals surface area contributed by atoms with E-state index in [1.807, 2.05) is 6.08 Å². The fourth-order valence-corrected chi connectivity index (χ4v) is 2.22. The van der Waals surface area contributed by atoms with E-state index in [0.29, 0.717) is 18.9 Å². The molecular formula is C15H18F3N3O. The molecule has 120 valence electrons. The summed E-state index contributed by atoms with van der Waals surface area (Å²) < 4.78 is 37.1. The Balaban J connectivity index is 1.70. The number of carbonyl (C=O) groups excluding carboxylic acids is 1. The summed E-state index contributed by atoms with van der Waals surface area (Å²) in [4.78, 5) is 15.5. The smallest absolute Gasteiger partial charge is 0.368 e. The van der Waals surface area contributed by atoms with Crippen molar-refractivity contribution in [3.8, 4) is 0 Å². The zero-order valence-electron chi connectivity index (χ0n) is 12.0. The standard InChI is InChI=1S/C15H18F3N3O/c16-15(17,18)12-6-7-13(21-10-12)19-8-9-20-14(22)11-4-2-1-3-5-11/h1-2,6-7,10-11H,3-5,8-9H2,(H,19,21)(H,20,22)/t11-/m0/s1. The second-order valence-electron chi connectivity index (χ2n) is 5.13. The van der Waals surface area contributed by atoms with Gasteiger partial charge in [0.05, 0.1) is 5.56 Å². The van der Waals surface area contributed by atoms with E-state index in [-0.39, 0.29) is 11.8 Å². The highest BCUT2D eigenvalue weighted by Gasteiger charge is 2.30. The van der Waals surface area contributed by atoms with Crippen LogP contribution in [0.3, 0.4) is 0 Å². The van der Waals surface area contributed by atoms with E-state index in [9.17, 15) is 18.0 Å². The molecular weight excluding hydrogens is 295 g/mol. The van der Waals surface area contributed by atoms with E-state index in [1.54, 1.807) is 0 Å².